The molecule has 234 valence electrons. The van der Waals surface area contributed by atoms with Crippen LogP contribution in [0.5, 0.6) is 0 Å². The SMILES string of the molecule is CCOC[C@H]1CN(C(=O)[C@@]2(F)CCN(C3CCOCC3)C2)C[C@@H]1c1ccc(C(F)(F)F)cc1N1CCC(C(=O)O)CC1. The number of piperidine rings is 1. The summed E-state index contributed by atoms with van der Waals surface area (Å²) in [6, 6.07) is 3.87. The third-order valence-electron chi connectivity index (χ3n) is 9.55. The number of carbonyl (C=O) groups is 2. The van der Waals surface area contributed by atoms with Crippen LogP contribution in [0.15, 0.2) is 18.2 Å². The maximum absolute atomic E-state index is 16.3. The summed E-state index contributed by atoms with van der Waals surface area (Å²) in [5.41, 5.74) is -1.74. The predicted molar refractivity (Wildman–Crippen MR) is 147 cm³/mol. The van der Waals surface area contributed by atoms with Crippen LogP contribution in [0.25, 0.3) is 0 Å². The number of carboxylic acids is 1. The Morgan fingerprint density at radius 1 is 1.10 bits per heavy atom. The molecule has 5 rings (SSSR count). The lowest BCUT2D eigenvalue weighted by molar-refractivity contribution is -0.143. The molecule has 8 nitrogen and oxygen atoms in total. The maximum Gasteiger partial charge on any atom is 0.416 e. The number of rotatable bonds is 8. The molecule has 0 spiro atoms. The Morgan fingerprint density at radius 2 is 1.81 bits per heavy atom. The van der Waals surface area contributed by atoms with Gasteiger partial charge in [-0.25, -0.2) is 4.39 Å². The number of halogens is 4. The summed E-state index contributed by atoms with van der Waals surface area (Å²) >= 11 is 0. The van der Waals surface area contributed by atoms with Gasteiger partial charge in [0.15, 0.2) is 0 Å². The molecule has 0 unspecified atom stereocenters. The molecule has 4 heterocycles. The fourth-order valence-corrected chi connectivity index (χ4v) is 7.12. The van der Waals surface area contributed by atoms with Gasteiger partial charge in [-0.2, -0.15) is 13.2 Å². The maximum atomic E-state index is 16.3. The monoisotopic (exact) mass is 599 g/mol. The van der Waals surface area contributed by atoms with Gasteiger partial charge in [0.25, 0.3) is 5.91 Å². The van der Waals surface area contributed by atoms with Crippen LogP contribution < -0.4 is 4.90 Å². The van der Waals surface area contributed by atoms with E-state index in [1.165, 1.54) is 6.07 Å². The lowest BCUT2D eigenvalue weighted by Gasteiger charge is -2.35. The molecule has 0 aromatic heterocycles. The van der Waals surface area contributed by atoms with E-state index in [9.17, 15) is 27.9 Å². The van der Waals surface area contributed by atoms with Crippen molar-refractivity contribution in [1.29, 1.82) is 0 Å². The first-order valence-corrected chi connectivity index (χ1v) is 15.1. The number of benzene rings is 1. The molecule has 4 fully saturated rings. The van der Waals surface area contributed by atoms with E-state index in [2.05, 4.69) is 4.90 Å². The molecule has 4 aliphatic heterocycles. The molecule has 3 atom stereocenters. The van der Waals surface area contributed by atoms with Crippen LogP contribution in [-0.4, -0.2) is 104 Å². The molecule has 1 aromatic carbocycles. The van der Waals surface area contributed by atoms with Crippen LogP contribution in [0.3, 0.4) is 0 Å². The average molecular weight is 600 g/mol. The number of hydrogen-bond acceptors (Lipinski definition) is 6. The molecule has 12 heteroatoms. The van der Waals surface area contributed by atoms with E-state index in [0.717, 1.165) is 25.0 Å². The fraction of sp³-hybridized carbons (Fsp3) is 0.733. The van der Waals surface area contributed by atoms with E-state index < -0.39 is 35.2 Å². The second-order valence-electron chi connectivity index (χ2n) is 12.1. The van der Waals surface area contributed by atoms with Crippen LogP contribution in [0.2, 0.25) is 0 Å². The van der Waals surface area contributed by atoms with Crippen molar-refractivity contribution in [3.63, 3.8) is 0 Å². The summed E-state index contributed by atoms with van der Waals surface area (Å²) < 4.78 is 68.8. The van der Waals surface area contributed by atoms with E-state index in [0.29, 0.717) is 70.2 Å². The Morgan fingerprint density at radius 3 is 2.45 bits per heavy atom. The molecule has 1 N–H and O–H groups in total. The van der Waals surface area contributed by atoms with Crippen molar-refractivity contribution >= 4 is 17.6 Å². The standard InChI is InChI=1S/C30H41F4N3O5/c1-2-41-18-21-16-37(28(40)29(31)9-12-36(19-29)23-7-13-42-14-8-23)17-25(21)24-4-3-22(30(32,33)34)15-26(24)35-10-5-20(6-11-35)27(38)39/h3-4,15,20-21,23,25H,2,5-14,16-19H2,1H3,(H,38,39)/t21-,25+,29-/m1/s1. The highest BCUT2D eigenvalue weighted by atomic mass is 19.4. The van der Waals surface area contributed by atoms with Crippen molar-refractivity contribution in [3.05, 3.63) is 29.3 Å². The summed E-state index contributed by atoms with van der Waals surface area (Å²) in [6.07, 6.45) is -2.15. The molecule has 4 aliphatic rings. The van der Waals surface area contributed by atoms with Crippen molar-refractivity contribution in [1.82, 2.24) is 9.80 Å². The van der Waals surface area contributed by atoms with Crippen LogP contribution in [0.4, 0.5) is 23.2 Å². The second-order valence-corrected chi connectivity index (χ2v) is 12.1. The van der Waals surface area contributed by atoms with Gasteiger partial charge < -0.3 is 24.4 Å². The van der Waals surface area contributed by atoms with Crippen molar-refractivity contribution in [2.24, 2.45) is 11.8 Å². The molecule has 42 heavy (non-hydrogen) atoms. The number of carbonyl (C=O) groups excluding carboxylic acids is 1. The van der Waals surface area contributed by atoms with Crippen LogP contribution in [0.1, 0.15) is 56.1 Å². The molecule has 4 saturated heterocycles. The second kappa shape index (κ2) is 12.7. The fourth-order valence-electron chi connectivity index (χ4n) is 7.12. The van der Waals surface area contributed by atoms with Crippen molar-refractivity contribution in [2.45, 2.75) is 62.8 Å². The minimum absolute atomic E-state index is 0.0395. The Balaban J connectivity index is 1.39. The summed E-state index contributed by atoms with van der Waals surface area (Å²) in [5, 5.41) is 9.41. The van der Waals surface area contributed by atoms with Crippen LogP contribution in [-0.2, 0) is 25.2 Å². The highest BCUT2D eigenvalue weighted by molar-refractivity contribution is 5.86. The number of likely N-dealkylation sites (tertiary alicyclic amines) is 2. The number of aliphatic carboxylic acids is 1. The van der Waals surface area contributed by atoms with Gasteiger partial charge in [-0.3, -0.25) is 14.5 Å². The zero-order valence-corrected chi connectivity index (χ0v) is 24.1. The molecule has 0 radical (unpaired) electrons. The van der Waals surface area contributed by atoms with Crippen molar-refractivity contribution in [3.8, 4) is 0 Å². The first-order valence-electron chi connectivity index (χ1n) is 15.1. The Kier molecular flexibility index (Phi) is 9.34. The topological polar surface area (TPSA) is 82.6 Å². The highest BCUT2D eigenvalue weighted by Gasteiger charge is 2.51. The van der Waals surface area contributed by atoms with Gasteiger partial charge in [-0.15, -0.1) is 0 Å². The quantitative estimate of drug-likeness (QED) is 0.449. The summed E-state index contributed by atoms with van der Waals surface area (Å²) in [4.78, 5) is 30.6. The smallest absolute Gasteiger partial charge is 0.416 e. The summed E-state index contributed by atoms with van der Waals surface area (Å²) in [6.45, 7) is 5.45. The number of anilines is 1. The van der Waals surface area contributed by atoms with Crippen LogP contribution in [0, 0.1) is 11.8 Å². The number of hydrogen-bond donors (Lipinski definition) is 1. The van der Waals surface area contributed by atoms with Gasteiger partial charge >= 0.3 is 12.1 Å². The van der Waals surface area contributed by atoms with Gasteiger partial charge in [0.05, 0.1) is 18.1 Å². The molecular weight excluding hydrogens is 558 g/mol. The molecule has 1 aromatic rings. The largest absolute Gasteiger partial charge is 0.481 e. The number of carboxylic acid groups (broad SMARTS) is 1. The zero-order valence-electron chi connectivity index (χ0n) is 24.1. The molecular formula is C30H41F4N3O5. The number of nitrogens with zero attached hydrogens (tertiary/aromatic N) is 3. The first kappa shape index (κ1) is 31.0. The van der Waals surface area contributed by atoms with Gasteiger partial charge in [-0.05, 0) is 50.3 Å². The van der Waals surface area contributed by atoms with E-state index >= 15 is 4.39 Å². The Labute approximate surface area is 243 Å². The minimum atomic E-state index is -4.55. The van der Waals surface area contributed by atoms with Gasteiger partial charge in [0, 0.05) is 89.1 Å². The summed E-state index contributed by atoms with van der Waals surface area (Å²) in [7, 11) is 0. The zero-order chi connectivity index (χ0) is 30.1. The number of amides is 1. The highest BCUT2D eigenvalue weighted by Crippen LogP contribution is 2.43. The van der Waals surface area contributed by atoms with Crippen LogP contribution >= 0.6 is 0 Å². The predicted octanol–water partition coefficient (Wildman–Crippen LogP) is 4.18. The summed E-state index contributed by atoms with van der Waals surface area (Å²) in [5.74, 6) is -2.57. The van der Waals surface area contributed by atoms with E-state index in [4.69, 9.17) is 9.47 Å². The normalized spacial score (nSPS) is 28.5. The first-order chi connectivity index (χ1) is 20.0. The third-order valence-corrected chi connectivity index (χ3v) is 9.55. The molecule has 0 saturated carbocycles. The molecule has 0 bridgehead atoms. The molecule has 0 aliphatic carbocycles. The van der Waals surface area contributed by atoms with E-state index in [-0.39, 0.29) is 43.9 Å². The van der Waals surface area contributed by atoms with E-state index in [1.54, 1.807) is 4.90 Å². The number of alkyl halides is 4. The third kappa shape index (κ3) is 6.55. The lowest BCUT2D eigenvalue weighted by atomic mass is 9.86. The minimum Gasteiger partial charge on any atom is -0.481 e. The average Bonchev–Trinajstić information content (AvgIpc) is 3.60. The van der Waals surface area contributed by atoms with Gasteiger partial charge in [0.1, 0.15) is 0 Å². The Bertz CT molecular complexity index is 1120. The van der Waals surface area contributed by atoms with Crippen molar-refractivity contribution < 1.29 is 41.7 Å². The lowest BCUT2D eigenvalue weighted by Crippen LogP contribution is -2.48. The number of ether oxygens (including phenoxy) is 2. The van der Waals surface area contributed by atoms with Gasteiger partial charge in [0.2, 0.25) is 5.67 Å². The van der Waals surface area contributed by atoms with E-state index in [1.807, 2.05) is 11.8 Å². The molecule has 1 amide bonds. The van der Waals surface area contributed by atoms with Gasteiger partial charge in [-0.1, -0.05) is 6.07 Å². The Hall–Kier alpha value is -2.44. The van der Waals surface area contributed by atoms with Crippen molar-refractivity contribution in [2.75, 3.05) is 70.6 Å².